The molecule has 4 rings (SSSR count). The summed E-state index contributed by atoms with van der Waals surface area (Å²) in [5, 5.41) is 0. The molecule has 0 saturated carbocycles. The number of hydrogen-bond donors (Lipinski definition) is 0. The summed E-state index contributed by atoms with van der Waals surface area (Å²) in [6.07, 6.45) is 2.90. The molecule has 1 fully saturated rings. The molecule has 0 bridgehead atoms. The Kier molecular flexibility index (Phi) is 4.83. The zero-order valence-corrected chi connectivity index (χ0v) is 16.1. The highest BCUT2D eigenvalue weighted by molar-refractivity contribution is 14.1. The average Bonchev–Trinajstić information content (AvgIpc) is 2.99. The number of benzene rings is 2. The molecule has 0 radical (unpaired) electrons. The van der Waals surface area contributed by atoms with E-state index in [1.807, 2.05) is 41.3 Å². The van der Waals surface area contributed by atoms with Crippen molar-refractivity contribution in [2.24, 2.45) is 0 Å². The Morgan fingerprint density at radius 2 is 1.88 bits per heavy atom. The Morgan fingerprint density at radius 1 is 1.04 bits per heavy atom. The normalized spacial score (nSPS) is 19.6. The number of amides is 1. The van der Waals surface area contributed by atoms with Crippen LogP contribution in [0.5, 0.6) is 11.5 Å². The summed E-state index contributed by atoms with van der Waals surface area (Å²) in [6.45, 7) is 2.16. The van der Waals surface area contributed by atoms with Crippen LogP contribution in [0.1, 0.15) is 41.2 Å². The molecule has 2 aliphatic heterocycles. The predicted octanol–water partition coefficient (Wildman–Crippen LogP) is 4.43. The molecule has 0 aliphatic carbocycles. The Balaban J connectivity index is 1.61. The smallest absolute Gasteiger partial charge is 0.254 e. The maximum atomic E-state index is 13.0. The lowest BCUT2D eigenvalue weighted by Gasteiger charge is -2.26. The molecule has 5 heteroatoms. The summed E-state index contributed by atoms with van der Waals surface area (Å²) in [5.74, 6) is 1.70. The molecule has 2 aromatic rings. The second kappa shape index (κ2) is 7.23. The first-order chi connectivity index (χ1) is 12.2. The minimum absolute atomic E-state index is 0.0996. The number of carbonyl (C=O) groups is 1. The number of halogens is 1. The summed E-state index contributed by atoms with van der Waals surface area (Å²) < 4.78 is 12.6. The minimum atomic E-state index is 0.0996. The number of carbonyl (C=O) groups excluding carboxylic acids is 1. The van der Waals surface area contributed by atoms with Gasteiger partial charge in [0.15, 0.2) is 11.5 Å². The van der Waals surface area contributed by atoms with Gasteiger partial charge in [0.1, 0.15) is 0 Å². The number of hydrogen-bond acceptors (Lipinski definition) is 3. The summed E-state index contributed by atoms with van der Waals surface area (Å²) in [7, 11) is 0. The van der Waals surface area contributed by atoms with E-state index in [0.29, 0.717) is 13.2 Å². The molecule has 2 aromatic carbocycles. The van der Waals surface area contributed by atoms with Gasteiger partial charge in [-0.05, 0) is 71.3 Å². The molecule has 2 aliphatic rings. The number of ether oxygens (including phenoxy) is 2. The molecule has 1 saturated heterocycles. The number of rotatable bonds is 2. The summed E-state index contributed by atoms with van der Waals surface area (Å²) >= 11 is 2.24. The van der Waals surface area contributed by atoms with Crippen LogP contribution < -0.4 is 9.47 Å². The van der Waals surface area contributed by atoms with Crippen molar-refractivity contribution in [3.05, 3.63) is 57.2 Å². The lowest BCUT2D eigenvalue weighted by Crippen LogP contribution is -2.30. The van der Waals surface area contributed by atoms with E-state index in [9.17, 15) is 4.79 Å². The zero-order valence-electron chi connectivity index (χ0n) is 13.9. The lowest BCUT2D eigenvalue weighted by molar-refractivity contribution is 0.0735. The molecule has 1 atom stereocenters. The molecular weight excluding hydrogens is 429 g/mol. The van der Waals surface area contributed by atoms with Crippen molar-refractivity contribution >= 4 is 28.5 Å². The van der Waals surface area contributed by atoms with Gasteiger partial charge in [-0.25, -0.2) is 0 Å². The second-order valence-electron chi connectivity index (χ2n) is 6.42. The number of nitrogens with zero attached hydrogens (tertiary/aromatic N) is 1. The van der Waals surface area contributed by atoms with Gasteiger partial charge < -0.3 is 14.4 Å². The second-order valence-corrected chi connectivity index (χ2v) is 7.67. The van der Waals surface area contributed by atoms with E-state index >= 15 is 0 Å². The van der Waals surface area contributed by atoms with Gasteiger partial charge in [-0.3, -0.25) is 4.79 Å². The van der Waals surface area contributed by atoms with Gasteiger partial charge >= 0.3 is 0 Å². The van der Waals surface area contributed by atoms with Crippen LogP contribution >= 0.6 is 22.6 Å². The molecular formula is C20H20INO3. The van der Waals surface area contributed by atoms with E-state index in [-0.39, 0.29) is 11.9 Å². The van der Waals surface area contributed by atoms with E-state index in [4.69, 9.17) is 9.47 Å². The molecule has 25 heavy (non-hydrogen) atoms. The molecule has 2 heterocycles. The molecule has 1 unspecified atom stereocenters. The zero-order chi connectivity index (χ0) is 17.2. The van der Waals surface area contributed by atoms with Crippen LogP contribution in [0, 0.1) is 3.57 Å². The van der Waals surface area contributed by atoms with Gasteiger partial charge in [-0.15, -0.1) is 0 Å². The van der Waals surface area contributed by atoms with Crippen LogP contribution in [0.25, 0.3) is 0 Å². The average molecular weight is 449 g/mol. The van der Waals surface area contributed by atoms with Gasteiger partial charge in [0, 0.05) is 22.1 Å². The van der Waals surface area contributed by atoms with Crippen LogP contribution in [-0.2, 0) is 0 Å². The molecule has 1 amide bonds. The Hall–Kier alpha value is -1.76. The maximum absolute atomic E-state index is 13.0. The SMILES string of the molecule is O=C(c1cccc(I)c1)N1CCCC1c1ccc2c(c1)OCCCO2. The maximum Gasteiger partial charge on any atom is 0.254 e. The molecule has 4 nitrogen and oxygen atoms in total. The third-order valence-electron chi connectivity index (χ3n) is 4.74. The first kappa shape index (κ1) is 16.7. The van der Waals surface area contributed by atoms with Gasteiger partial charge in [0.05, 0.1) is 19.3 Å². The van der Waals surface area contributed by atoms with Gasteiger partial charge in [-0.2, -0.15) is 0 Å². The van der Waals surface area contributed by atoms with Crippen LogP contribution in [0.2, 0.25) is 0 Å². The van der Waals surface area contributed by atoms with Crippen LogP contribution in [-0.4, -0.2) is 30.6 Å². The minimum Gasteiger partial charge on any atom is -0.490 e. The fourth-order valence-electron chi connectivity index (χ4n) is 3.53. The summed E-state index contributed by atoms with van der Waals surface area (Å²) in [4.78, 5) is 15.0. The van der Waals surface area contributed by atoms with Crippen molar-refractivity contribution in [1.29, 1.82) is 0 Å². The van der Waals surface area contributed by atoms with Crippen molar-refractivity contribution < 1.29 is 14.3 Å². The van der Waals surface area contributed by atoms with Gasteiger partial charge in [-0.1, -0.05) is 12.1 Å². The lowest BCUT2D eigenvalue weighted by atomic mass is 10.0. The molecule has 0 spiro atoms. The van der Waals surface area contributed by atoms with Crippen molar-refractivity contribution in [2.45, 2.75) is 25.3 Å². The molecule has 0 N–H and O–H groups in total. The van der Waals surface area contributed by atoms with Crippen molar-refractivity contribution in [3.8, 4) is 11.5 Å². The summed E-state index contributed by atoms with van der Waals surface area (Å²) in [6, 6.07) is 14.0. The highest BCUT2D eigenvalue weighted by Crippen LogP contribution is 2.38. The molecule has 0 aromatic heterocycles. The highest BCUT2D eigenvalue weighted by atomic mass is 127. The third-order valence-corrected chi connectivity index (χ3v) is 5.41. The van der Waals surface area contributed by atoms with Crippen molar-refractivity contribution in [2.75, 3.05) is 19.8 Å². The van der Waals surface area contributed by atoms with E-state index in [0.717, 1.165) is 52.0 Å². The first-order valence-electron chi connectivity index (χ1n) is 8.68. The largest absolute Gasteiger partial charge is 0.490 e. The number of fused-ring (bicyclic) bond motifs is 1. The van der Waals surface area contributed by atoms with E-state index < -0.39 is 0 Å². The van der Waals surface area contributed by atoms with E-state index in [1.54, 1.807) is 0 Å². The van der Waals surface area contributed by atoms with Gasteiger partial charge in [0.2, 0.25) is 0 Å². The van der Waals surface area contributed by atoms with Crippen LogP contribution in [0.3, 0.4) is 0 Å². The Bertz CT molecular complexity index is 792. The van der Waals surface area contributed by atoms with Crippen LogP contribution in [0.15, 0.2) is 42.5 Å². The van der Waals surface area contributed by atoms with Crippen molar-refractivity contribution in [1.82, 2.24) is 4.90 Å². The first-order valence-corrected chi connectivity index (χ1v) is 9.76. The fourth-order valence-corrected chi connectivity index (χ4v) is 4.07. The molecule has 130 valence electrons. The Morgan fingerprint density at radius 3 is 2.72 bits per heavy atom. The monoisotopic (exact) mass is 449 g/mol. The third kappa shape index (κ3) is 3.47. The van der Waals surface area contributed by atoms with E-state index in [2.05, 4.69) is 28.7 Å². The summed E-state index contributed by atoms with van der Waals surface area (Å²) in [5.41, 5.74) is 1.88. The fraction of sp³-hybridized carbons (Fsp3) is 0.350. The van der Waals surface area contributed by atoms with E-state index in [1.165, 1.54) is 0 Å². The highest BCUT2D eigenvalue weighted by Gasteiger charge is 2.31. The quantitative estimate of drug-likeness (QED) is 0.637. The Labute approximate surface area is 161 Å². The topological polar surface area (TPSA) is 38.8 Å². The predicted molar refractivity (Wildman–Crippen MR) is 104 cm³/mol. The van der Waals surface area contributed by atoms with Crippen LogP contribution in [0.4, 0.5) is 0 Å². The standard InChI is InChI=1S/C20H20INO3/c21-16-5-1-4-15(12-16)20(23)22-9-2-6-17(22)14-7-8-18-19(13-14)25-11-3-10-24-18/h1,4-5,7-8,12-13,17H,2-3,6,9-11H2. The van der Waals surface area contributed by atoms with Crippen molar-refractivity contribution in [3.63, 3.8) is 0 Å². The van der Waals surface area contributed by atoms with Gasteiger partial charge in [0.25, 0.3) is 5.91 Å². The number of likely N-dealkylation sites (tertiary alicyclic amines) is 1.